The number of carboxylic acid groups (broad SMARTS) is 1. The first-order valence-corrected chi connectivity index (χ1v) is 7.05. The Kier molecular flexibility index (Phi) is 6.22. The van der Waals surface area contributed by atoms with Gasteiger partial charge in [-0.05, 0) is 38.0 Å². The summed E-state index contributed by atoms with van der Waals surface area (Å²) in [6, 6.07) is 5.46. The van der Waals surface area contributed by atoms with Gasteiger partial charge < -0.3 is 19.9 Å². The summed E-state index contributed by atoms with van der Waals surface area (Å²) < 4.78 is 10.5. The predicted molar refractivity (Wildman–Crippen MR) is 82.2 cm³/mol. The minimum atomic E-state index is -0.896. The van der Waals surface area contributed by atoms with E-state index < -0.39 is 11.5 Å². The molecule has 0 aliphatic rings. The van der Waals surface area contributed by atoms with E-state index in [2.05, 4.69) is 5.32 Å². The second kappa shape index (κ2) is 7.68. The van der Waals surface area contributed by atoms with E-state index in [0.29, 0.717) is 17.9 Å². The summed E-state index contributed by atoms with van der Waals surface area (Å²) in [5, 5.41) is 11.5. The van der Waals surface area contributed by atoms with Gasteiger partial charge in [-0.2, -0.15) is 0 Å². The summed E-state index contributed by atoms with van der Waals surface area (Å²) in [5.74, 6) is 0.135. The fourth-order valence-electron chi connectivity index (χ4n) is 2.11. The minimum Gasteiger partial charge on any atom is -0.493 e. The van der Waals surface area contributed by atoms with Crippen LogP contribution in [0.15, 0.2) is 18.2 Å². The molecule has 0 aliphatic carbocycles. The molecule has 0 saturated heterocycles. The SMILES string of the molecule is COc1ccc(C(C)(C)NC(=O)CCCC(=O)O)cc1OC. The molecule has 1 rings (SSSR count). The Hall–Kier alpha value is -2.24. The molecule has 0 unspecified atom stereocenters. The number of nitrogens with one attached hydrogen (secondary N) is 1. The number of methoxy groups -OCH3 is 2. The molecule has 122 valence electrons. The number of hydrogen-bond acceptors (Lipinski definition) is 4. The number of hydrogen-bond donors (Lipinski definition) is 2. The summed E-state index contributed by atoms with van der Waals surface area (Å²) in [6.45, 7) is 3.76. The first-order chi connectivity index (χ1) is 10.3. The van der Waals surface area contributed by atoms with Crippen LogP contribution in [0.4, 0.5) is 0 Å². The maximum Gasteiger partial charge on any atom is 0.303 e. The van der Waals surface area contributed by atoms with E-state index in [1.807, 2.05) is 26.0 Å². The van der Waals surface area contributed by atoms with Crippen molar-refractivity contribution in [1.29, 1.82) is 0 Å². The first-order valence-electron chi connectivity index (χ1n) is 7.05. The average Bonchev–Trinajstić information content (AvgIpc) is 2.45. The maximum absolute atomic E-state index is 11.9. The quantitative estimate of drug-likeness (QED) is 0.769. The van der Waals surface area contributed by atoms with E-state index in [0.717, 1.165) is 5.56 Å². The van der Waals surface area contributed by atoms with E-state index in [1.165, 1.54) is 0 Å². The zero-order valence-electron chi connectivity index (χ0n) is 13.4. The molecule has 0 spiro atoms. The fraction of sp³-hybridized carbons (Fsp3) is 0.500. The molecule has 0 bridgehead atoms. The number of carbonyl (C=O) groups excluding carboxylic acids is 1. The highest BCUT2D eigenvalue weighted by atomic mass is 16.5. The van der Waals surface area contributed by atoms with Gasteiger partial charge >= 0.3 is 5.97 Å². The van der Waals surface area contributed by atoms with E-state index in [4.69, 9.17) is 14.6 Å². The lowest BCUT2D eigenvalue weighted by atomic mass is 9.93. The van der Waals surface area contributed by atoms with E-state index in [9.17, 15) is 9.59 Å². The van der Waals surface area contributed by atoms with Gasteiger partial charge in [0.15, 0.2) is 11.5 Å². The Bertz CT molecular complexity index is 539. The van der Waals surface area contributed by atoms with Crippen LogP contribution < -0.4 is 14.8 Å². The van der Waals surface area contributed by atoms with Crippen LogP contribution in [0.2, 0.25) is 0 Å². The molecule has 0 fully saturated rings. The van der Waals surface area contributed by atoms with Gasteiger partial charge in [-0.3, -0.25) is 9.59 Å². The molecule has 6 nitrogen and oxygen atoms in total. The number of aliphatic carboxylic acids is 1. The minimum absolute atomic E-state index is 0.00972. The second-order valence-electron chi connectivity index (χ2n) is 5.49. The van der Waals surface area contributed by atoms with Gasteiger partial charge in [0, 0.05) is 12.8 Å². The molecule has 0 atom stereocenters. The Morgan fingerprint density at radius 2 is 1.77 bits per heavy atom. The van der Waals surface area contributed by atoms with E-state index >= 15 is 0 Å². The number of benzene rings is 1. The highest BCUT2D eigenvalue weighted by Crippen LogP contribution is 2.32. The normalized spacial score (nSPS) is 10.9. The summed E-state index contributed by atoms with van der Waals surface area (Å²) in [6.07, 6.45) is 0.496. The molecule has 1 aromatic rings. The molecule has 0 aromatic heterocycles. The molecular formula is C16H23NO5. The number of ether oxygens (including phenoxy) is 2. The van der Waals surface area contributed by atoms with Crippen molar-refractivity contribution in [3.05, 3.63) is 23.8 Å². The van der Waals surface area contributed by atoms with Crippen LogP contribution in [0.25, 0.3) is 0 Å². The number of carbonyl (C=O) groups is 2. The van der Waals surface area contributed by atoms with Crippen molar-refractivity contribution in [1.82, 2.24) is 5.32 Å². The summed E-state index contributed by atoms with van der Waals surface area (Å²) >= 11 is 0. The van der Waals surface area contributed by atoms with Gasteiger partial charge in [0.2, 0.25) is 5.91 Å². The van der Waals surface area contributed by atoms with Gasteiger partial charge in [0.05, 0.1) is 19.8 Å². The van der Waals surface area contributed by atoms with Gasteiger partial charge in [-0.1, -0.05) is 6.07 Å². The van der Waals surface area contributed by atoms with Gasteiger partial charge in [-0.15, -0.1) is 0 Å². The second-order valence-corrected chi connectivity index (χ2v) is 5.49. The third kappa shape index (κ3) is 4.95. The molecule has 22 heavy (non-hydrogen) atoms. The fourth-order valence-corrected chi connectivity index (χ4v) is 2.11. The van der Waals surface area contributed by atoms with Crippen molar-refractivity contribution in [2.75, 3.05) is 14.2 Å². The number of amides is 1. The van der Waals surface area contributed by atoms with Crippen molar-refractivity contribution >= 4 is 11.9 Å². The Labute approximate surface area is 130 Å². The first kappa shape index (κ1) is 17.8. The maximum atomic E-state index is 11.9. The molecule has 0 saturated carbocycles. The van der Waals surface area contributed by atoms with Crippen LogP contribution in [0.3, 0.4) is 0 Å². The highest BCUT2D eigenvalue weighted by Gasteiger charge is 2.24. The Balaban J connectivity index is 2.76. The Morgan fingerprint density at radius 1 is 1.14 bits per heavy atom. The molecule has 6 heteroatoms. The monoisotopic (exact) mass is 309 g/mol. The van der Waals surface area contributed by atoms with Crippen LogP contribution in [0.1, 0.15) is 38.7 Å². The van der Waals surface area contributed by atoms with Gasteiger partial charge in [0.1, 0.15) is 0 Å². The van der Waals surface area contributed by atoms with Crippen molar-refractivity contribution in [2.24, 2.45) is 0 Å². The van der Waals surface area contributed by atoms with Crippen molar-refractivity contribution in [2.45, 2.75) is 38.6 Å². The van der Waals surface area contributed by atoms with E-state index in [1.54, 1.807) is 20.3 Å². The van der Waals surface area contributed by atoms with Crippen LogP contribution in [-0.2, 0) is 15.1 Å². The topological polar surface area (TPSA) is 84.9 Å². The predicted octanol–water partition coefficient (Wildman–Crippen LogP) is 2.31. The highest BCUT2D eigenvalue weighted by molar-refractivity contribution is 5.77. The molecule has 1 aromatic carbocycles. The third-order valence-electron chi connectivity index (χ3n) is 3.35. The van der Waals surface area contributed by atoms with Crippen LogP contribution in [-0.4, -0.2) is 31.2 Å². The zero-order valence-corrected chi connectivity index (χ0v) is 13.4. The van der Waals surface area contributed by atoms with Crippen molar-refractivity contribution in [3.8, 4) is 11.5 Å². The molecule has 1 amide bonds. The molecule has 0 aliphatic heterocycles. The average molecular weight is 309 g/mol. The smallest absolute Gasteiger partial charge is 0.303 e. The third-order valence-corrected chi connectivity index (χ3v) is 3.35. The molecule has 0 radical (unpaired) electrons. The van der Waals surface area contributed by atoms with Crippen LogP contribution in [0.5, 0.6) is 11.5 Å². The Morgan fingerprint density at radius 3 is 2.32 bits per heavy atom. The van der Waals surface area contributed by atoms with Crippen molar-refractivity contribution < 1.29 is 24.2 Å². The lowest BCUT2D eigenvalue weighted by Crippen LogP contribution is -2.40. The van der Waals surface area contributed by atoms with Crippen molar-refractivity contribution in [3.63, 3.8) is 0 Å². The number of rotatable bonds is 8. The standard InChI is InChI=1S/C16H23NO5/c1-16(2,17-14(18)6-5-7-15(19)20)11-8-9-12(21-3)13(10-11)22-4/h8-10H,5-7H2,1-4H3,(H,17,18)(H,19,20). The van der Waals surface area contributed by atoms with E-state index in [-0.39, 0.29) is 18.7 Å². The lowest BCUT2D eigenvalue weighted by molar-refractivity contribution is -0.137. The summed E-state index contributed by atoms with van der Waals surface area (Å²) in [5.41, 5.74) is 0.275. The van der Waals surface area contributed by atoms with Crippen LogP contribution in [0, 0.1) is 0 Å². The summed E-state index contributed by atoms with van der Waals surface area (Å²) in [7, 11) is 3.12. The van der Waals surface area contributed by atoms with Gasteiger partial charge in [0.25, 0.3) is 0 Å². The molecule has 2 N–H and O–H groups in total. The zero-order chi connectivity index (χ0) is 16.8. The molecule has 0 heterocycles. The van der Waals surface area contributed by atoms with Crippen LogP contribution >= 0.6 is 0 Å². The number of carboxylic acids is 1. The lowest BCUT2D eigenvalue weighted by Gasteiger charge is -2.27. The largest absolute Gasteiger partial charge is 0.493 e. The van der Waals surface area contributed by atoms with Gasteiger partial charge in [-0.25, -0.2) is 0 Å². The molecular weight excluding hydrogens is 286 g/mol. The summed E-state index contributed by atoms with van der Waals surface area (Å²) in [4.78, 5) is 22.4.